The predicted molar refractivity (Wildman–Crippen MR) is 112 cm³/mol. The minimum Gasteiger partial charge on any atom is -0.352 e. The fraction of sp³-hybridized carbons (Fsp3) is 0.632. The van der Waals surface area contributed by atoms with Gasteiger partial charge in [0, 0.05) is 6.04 Å². The highest BCUT2D eigenvalue weighted by Crippen LogP contribution is 2.30. The SMILES string of the molecule is CC[C@@H](C(=O)NC1CCCCCCC1)N(c1ccc(Cl)c(Cl)c1)S(C)(=O)=O. The number of nitrogens with zero attached hydrogens (tertiary/aromatic N) is 1. The van der Waals surface area contributed by atoms with Crippen LogP contribution in [0.4, 0.5) is 5.69 Å². The minimum absolute atomic E-state index is 0.0991. The molecule has 0 unspecified atom stereocenters. The van der Waals surface area contributed by atoms with E-state index in [-0.39, 0.29) is 17.0 Å². The molecule has 1 amide bonds. The number of rotatable bonds is 6. The molecule has 1 aromatic rings. The lowest BCUT2D eigenvalue weighted by Crippen LogP contribution is -2.51. The molecule has 0 bridgehead atoms. The molecule has 0 radical (unpaired) electrons. The van der Waals surface area contributed by atoms with Crippen molar-refractivity contribution in [1.82, 2.24) is 5.32 Å². The highest BCUT2D eigenvalue weighted by Gasteiger charge is 2.32. The molecule has 1 aromatic carbocycles. The number of carbonyl (C=O) groups is 1. The van der Waals surface area contributed by atoms with Gasteiger partial charge in [0.15, 0.2) is 0 Å². The maximum atomic E-state index is 13.0. The van der Waals surface area contributed by atoms with Crippen LogP contribution < -0.4 is 9.62 Å². The molecule has 0 aromatic heterocycles. The molecule has 1 fully saturated rings. The van der Waals surface area contributed by atoms with Crippen molar-refractivity contribution in [2.24, 2.45) is 0 Å². The van der Waals surface area contributed by atoms with Crippen LogP contribution in [0.5, 0.6) is 0 Å². The molecule has 1 aliphatic carbocycles. The summed E-state index contributed by atoms with van der Waals surface area (Å²) >= 11 is 12.0. The fourth-order valence-corrected chi connectivity index (χ4v) is 5.08. The first-order chi connectivity index (χ1) is 12.7. The van der Waals surface area contributed by atoms with E-state index in [0.717, 1.165) is 36.2 Å². The molecule has 1 N–H and O–H groups in total. The zero-order valence-electron chi connectivity index (χ0n) is 15.9. The van der Waals surface area contributed by atoms with Crippen LogP contribution in [-0.2, 0) is 14.8 Å². The van der Waals surface area contributed by atoms with Gasteiger partial charge >= 0.3 is 0 Å². The van der Waals surface area contributed by atoms with E-state index in [1.54, 1.807) is 13.0 Å². The van der Waals surface area contributed by atoms with Crippen LogP contribution in [0.3, 0.4) is 0 Å². The summed E-state index contributed by atoms with van der Waals surface area (Å²) in [6.45, 7) is 1.80. The molecule has 8 heteroatoms. The molecule has 2 rings (SSSR count). The molecule has 0 heterocycles. The van der Waals surface area contributed by atoms with Gasteiger partial charge in [-0.05, 0) is 37.5 Å². The summed E-state index contributed by atoms with van der Waals surface area (Å²) in [5, 5.41) is 3.66. The van der Waals surface area contributed by atoms with E-state index in [0.29, 0.717) is 17.1 Å². The Morgan fingerprint density at radius 2 is 1.74 bits per heavy atom. The Kier molecular flexibility index (Phi) is 8.25. The zero-order chi connectivity index (χ0) is 20.0. The van der Waals surface area contributed by atoms with Gasteiger partial charge in [-0.3, -0.25) is 9.10 Å². The first-order valence-electron chi connectivity index (χ1n) is 9.49. The molecule has 1 saturated carbocycles. The van der Waals surface area contributed by atoms with Gasteiger partial charge in [0.1, 0.15) is 6.04 Å². The fourth-order valence-electron chi connectivity index (χ4n) is 3.58. The van der Waals surface area contributed by atoms with Crippen LogP contribution in [0.15, 0.2) is 18.2 Å². The van der Waals surface area contributed by atoms with Crippen LogP contribution in [-0.4, -0.2) is 32.7 Å². The minimum atomic E-state index is -3.69. The molecule has 27 heavy (non-hydrogen) atoms. The molecule has 0 saturated heterocycles. The van der Waals surface area contributed by atoms with E-state index in [1.807, 2.05) is 0 Å². The molecule has 1 atom stereocenters. The summed E-state index contributed by atoms with van der Waals surface area (Å²) in [6.07, 6.45) is 9.12. The number of amides is 1. The number of hydrogen-bond acceptors (Lipinski definition) is 3. The molecule has 152 valence electrons. The Morgan fingerprint density at radius 1 is 1.15 bits per heavy atom. The number of hydrogen-bond donors (Lipinski definition) is 1. The standard InChI is InChI=1S/C19H28Cl2N2O3S/c1-3-18(19(24)22-14-9-7-5-4-6-8-10-14)23(27(2,25)26)15-11-12-16(20)17(21)13-15/h11-14,18H,3-10H2,1-2H3,(H,22,24)/t18-/m0/s1. The Morgan fingerprint density at radius 3 is 2.26 bits per heavy atom. The molecular formula is C19H28Cl2N2O3S. The number of halogens is 2. The van der Waals surface area contributed by atoms with Crippen molar-refractivity contribution in [3.8, 4) is 0 Å². The second kappa shape index (κ2) is 9.99. The van der Waals surface area contributed by atoms with E-state index < -0.39 is 16.1 Å². The lowest BCUT2D eigenvalue weighted by molar-refractivity contribution is -0.123. The van der Waals surface area contributed by atoms with Crippen LogP contribution in [0.1, 0.15) is 58.3 Å². The van der Waals surface area contributed by atoms with Crippen molar-refractivity contribution >= 4 is 44.8 Å². The maximum Gasteiger partial charge on any atom is 0.244 e. The first kappa shape index (κ1) is 22.3. The van der Waals surface area contributed by atoms with Crippen molar-refractivity contribution in [2.75, 3.05) is 10.6 Å². The number of carbonyl (C=O) groups excluding carboxylic acids is 1. The Balaban J connectivity index is 2.25. The smallest absolute Gasteiger partial charge is 0.244 e. The molecule has 0 aliphatic heterocycles. The van der Waals surface area contributed by atoms with Gasteiger partial charge in [-0.1, -0.05) is 62.2 Å². The van der Waals surface area contributed by atoms with Gasteiger partial charge < -0.3 is 5.32 Å². The molecule has 1 aliphatic rings. The van der Waals surface area contributed by atoms with Gasteiger partial charge in [0.05, 0.1) is 22.0 Å². The third-order valence-electron chi connectivity index (χ3n) is 4.94. The summed E-state index contributed by atoms with van der Waals surface area (Å²) in [6, 6.07) is 3.86. The average molecular weight is 435 g/mol. The molecular weight excluding hydrogens is 407 g/mol. The van der Waals surface area contributed by atoms with E-state index in [1.165, 1.54) is 31.4 Å². The predicted octanol–water partition coefficient (Wildman–Crippen LogP) is 4.77. The molecule has 0 spiro atoms. The highest BCUT2D eigenvalue weighted by atomic mass is 35.5. The number of nitrogens with one attached hydrogen (secondary N) is 1. The Hall–Kier alpha value is -0.980. The van der Waals surface area contributed by atoms with E-state index in [9.17, 15) is 13.2 Å². The van der Waals surface area contributed by atoms with Crippen molar-refractivity contribution < 1.29 is 13.2 Å². The summed E-state index contributed by atoms with van der Waals surface area (Å²) in [5.41, 5.74) is 0.339. The average Bonchev–Trinajstić information content (AvgIpc) is 2.56. The largest absolute Gasteiger partial charge is 0.352 e. The van der Waals surface area contributed by atoms with Gasteiger partial charge in [0.25, 0.3) is 0 Å². The van der Waals surface area contributed by atoms with Crippen molar-refractivity contribution in [3.05, 3.63) is 28.2 Å². The van der Waals surface area contributed by atoms with Crippen LogP contribution in [0, 0.1) is 0 Å². The van der Waals surface area contributed by atoms with E-state index in [2.05, 4.69) is 5.32 Å². The van der Waals surface area contributed by atoms with Crippen molar-refractivity contribution in [2.45, 2.75) is 70.4 Å². The topological polar surface area (TPSA) is 66.5 Å². The number of anilines is 1. The Bertz CT molecular complexity index is 747. The number of sulfonamides is 1. The first-order valence-corrected chi connectivity index (χ1v) is 12.1. The van der Waals surface area contributed by atoms with Crippen molar-refractivity contribution in [1.29, 1.82) is 0 Å². The van der Waals surface area contributed by atoms with Gasteiger partial charge in [-0.2, -0.15) is 0 Å². The summed E-state index contributed by atoms with van der Waals surface area (Å²) in [5.74, 6) is -0.264. The summed E-state index contributed by atoms with van der Waals surface area (Å²) in [7, 11) is -3.69. The maximum absolute atomic E-state index is 13.0. The third kappa shape index (κ3) is 6.26. The van der Waals surface area contributed by atoms with E-state index in [4.69, 9.17) is 23.2 Å². The van der Waals surface area contributed by atoms with Crippen molar-refractivity contribution in [3.63, 3.8) is 0 Å². The van der Waals surface area contributed by atoms with Gasteiger partial charge in [0.2, 0.25) is 15.9 Å². The quantitative estimate of drug-likeness (QED) is 0.700. The Labute approximate surface area is 172 Å². The normalized spacial score (nSPS) is 17.6. The van der Waals surface area contributed by atoms with Crippen LogP contribution in [0.2, 0.25) is 10.0 Å². The molecule has 5 nitrogen and oxygen atoms in total. The van der Waals surface area contributed by atoms with Crippen LogP contribution in [0.25, 0.3) is 0 Å². The zero-order valence-corrected chi connectivity index (χ0v) is 18.2. The summed E-state index contributed by atoms with van der Waals surface area (Å²) < 4.78 is 26.1. The monoisotopic (exact) mass is 434 g/mol. The lowest BCUT2D eigenvalue weighted by atomic mass is 9.96. The van der Waals surface area contributed by atoms with E-state index >= 15 is 0 Å². The highest BCUT2D eigenvalue weighted by molar-refractivity contribution is 7.92. The number of benzene rings is 1. The summed E-state index contributed by atoms with van der Waals surface area (Å²) in [4.78, 5) is 13.0. The third-order valence-corrected chi connectivity index (χ3v) is 6.86. The second-order valence-electron chi connectivity index (χ2n) is 7.13. The van der Waals surface area contributed by atoms with Gasteiger partial charge in [-0.25, -0.2) is 8.42 Å². The van der Waals surface area contributed by atoms with Gasteiger partial charge in [-0.15, -0.1) is 0 Å². The lowest BCUT2D eigenvalue weighted by Gasteiger charge is -2.32. The second-order valence-corrected chi connectivity index (χ2v) is 9.81. The van der Waals surface area contributed by atoms with Crippen LogP contribution >= 0.6 is 23.2 Å².